The fraction of sp³-hybridized carbons (Fsp3) is 0.125. The lowest BCUT2D eigenvalue weighted by atomic mass is 10.1. The second-order valence-corrected chi connectivity index (χ2v) is 8.45. The number of ether oxygens (including phenoxy) is 1. The van der Waals surface area contributed by atoms with Crippen molar-refractivity contribution in [2.45, 2.75) is 13.5 Å². The molecule has 4 rings (SSSR count). The number of hydrogen-bond acceptors (Lipinski definition) is 5. The molecule has 0 atom stereocenters. The Morgan fingerprint density at radius 1 is 1.16 bits per heavy atom. The molecule has 1 heterocycles. The molecule has 0 aliphatic carbocycles. The molecule has 32 heavy (non-hydrogen) atoms. The van der Waals surface area contributed by atoms with Crippen molar-refractivity contribution in [3.63, 3.8) is 0 Å². The zero-order valence-electron chi connectivity index (χ0n) is 17.4. The molecule has 0 fully saturated rings. The molecule has 0 aliphatic rings. The maximum atomic E-state index is 12.7. The number of nitrogens with one attached hydrogen (secondary N) is 2. The van der Waals surface area contributed by atoms with Crippen molar-refractivity contribution in [2.24, 2.45) is 0 Å². The third kappa shape index (κ3) is 4.81. The van der Waals surface area contributed by atoms with E-state index in [1.54, 1.807) is 6.07 Å². The fourth-order valence-corrected chi connectivity index (χ4v) is 4.06. The van der Waals surface area contributed by atoms with Gasteiger partial charge in [-0.3, -0.25) is 10.1 Å². The number of para-hydroxylation sites is 2. The second-order valence-electron chi connectivity index (χ2n) is 7.12. The van der Waals surface area contributed by atoms with Crippen molar-refractivity contribution < 1.29 is 13.9 Å². The van der Waals surface area contributed by atoms with Crippen LogP contribution in [-0.4, -0.2) is 23.1 Å². The van der Waals surface area contributed by atoms with Gasteiger partial charge in [-0.05, 0) is 66.7 Å². The molecule has 0 bridgehead atoms. The summed E-state index contributed by atoms with van der Waals surface area (Å²) in [6.45, 7) is 2.34. The first-order valence-electron chi connectivity index (χ1n) is 9.83. The summed E-state index contributed by atoms with van der Waals surface area (Å²) in [5, 5.41) is 5.99. The molecule has 0 spiro atoms. The molecular weight excluding hydrogens is 490 g/mol. The molecule has 1 aromatic heterocycles. The van der Waals surface area contributed by atoms with Crippen LogP contribution in [0.1, 0.15) is 21.5 Å². The zero-order chi connectivity index (χ0) is 22.7. The molecule has 0 radical (unpaired) electrons. The Hall–Kier alpha value is -3.23. The second kappa shape index (κ2) is 9.50. The average molecular weight is 510 g/mol. The summed E-state index contributed by atoms with van der Waals surface area (Å²) >= 11 is 8.70. The first-order chi connectivity index (χ1) is 15.4. The number of aryl methyl sites for hydroxylation is 1. The van der Waals surface area contributed by atoms with Crippen LogP contribution in [0.4, 0.5) is 0 Å². The number of nitrogens with zero attached hydrogens (tertiary/aromatic N) is 1. The van der Waals surface area contributed by atoms with E-state index >= 15 is 0 Å². The highest BCUT2D eigenvalue weighted by molar-refractivity contribution is 9.10. The summed E-state index contributed by atoms with van der Waals surface area (Å²) in [7, 11) is 1.54. The number of amides is 1. The molecule has 162 valence electrons. The molecule has 8 heteroatoms. The van der Waals surface area contributed by atoms with E-state index in [-0.39, 0.29) is 11.0 Å². The Bertz CT molecular complexity index is 1270. The van der Waals surface area contributed by atoms with Gasteiger partial charge >= 0.3 is 0 Å². The van der Waals surface area contributed by atoms with Crippen molar-refractivity contribution in [3.05, 3.63) is 81.8 Å². The Kier molecular flexibility index (Phi) is 6.53. The number of methoxy groups -OCH3 is 1. The number of thiocarbonyl (C=S) groups is 1. The lowest BCUT2D eigenvalue weighted by Gasteiger charge is -2.14. The van der Waals surface area contributed by atoms with Crippen LogP contribution >= 0.6 is 28.1 Å². The van der Waals surface area contributed by atoms with Gasteiger partial charge in [0.25, 0.3) is 5.91 Å². The lowest BCUT2D eigenvalue weighted by molar-refractivity contribution is 0.0973. The largest absolute Gasteiger partial charge is 0.496 e. The van der Waals surface area contributed by atoms with Crippen molar-refractivity contribution in [1.29, 1.82) is 0 Å². The van der Waals surface area contributed by atoms with Crippen molar-refractivity contribution in [3.8, 4) is 17.2 Å². The highest BCUT2D eigenvalue weighted by atomic mass is 79.9. The molecule has 0 saturated carbocycles. The van der Waals surface area contributed by atoms with Crippen LogP contribution < -0.4 is 15.4 Å². The normalized spacial score (nSPS) is 10.7. The average Bonchev–Trinajstić information content (AvgIpc) is 3.22. The fourth-order valence-electron chi connectivity index (χ4n) is 3.33. The maximum Gasteiger partial charge on any atom is 0.261 e. The molecule has 2 N–H and O–H groups in total. The molecule has 6 nitrogen and oxygen atoms in total. The van der Waals surface area contributed by atoms with Crippen LogP contribution in [0.2, 0.25) is 0 Å². The first kappa shape index (κ1) is 22.0. The molecule has 0 aliphatic heterocycles. The van der Waals surface area contributed by atoms with Crippen molar-refractivity contribution in [1.82, 2.24) is 15.6 Å². The number of fused-ring (bicyclic) bond motifs is 1. The van der Waals surface area contributed by atoms with Crippen LogP contribution in [0.25, 0.3) is 22.6 Å². The molecule has 1 amide bonds. The number of carbonyl (C=O) groups excluding carboxylic acids is 1. The zero-order valence-corrected chi connectivity index (χ0v) is 19.8. The van der Waals surface area contributed by atoms with Gasteiger partial charge in [0.1, 0.15) is 11.3 Å². The van der Waals surface area contributed by atoms with E-state index in [4.69, 9.17) is 21.4 Å². The smallest absolute Gasteiger partial charge is 0.261 e. The van der Waals surface area contributed by atoms with Crippen LogP contribution in [0.3, 0.4) is 0 Å². The summed E-state index contributed by atoms with van der Waals surface area (Å²) in [5.74, 6) is 0.755. The van der Waals surface area contributed by atoms with Gasteiger partial charge < -0.3 is 14.5 Å². The molecule has 3 aromatic carbocycles. The minimum absolute atomic E-state index is 0.234. The predicted octanol–water partition coefficient (Wildman–Crippen LogP) is 5.38. The number of benzene rings is 3. The van der Waals surface area contributed by atoms with E-state index in [0.29, 0.717) is 23.7 Å². The Balaban J connectivity index is 1.37. The maximum absolute atomic E-state index is 12.7. The topological polar surface area (TPSA) is 76.4 Å². The number of hydrogen-bond donors (Lipinski definition) is 2. The van der Waals surface area contributed by atoms with E-state index in [9.17, 15) is 4.79 Å². The molecule has 0 unspecified atom stereocenters. The van der Waals surface area contributed by atoms with E-state index in [2.05, 4.69) is 31.5 Å². The molecule has 4 aromatic rings. The highest BCUT2D eigenvalue weighted by Gasteiger charge is 2.16. The van der Waals surface area contributed by atoms with Gasteiger partial charge in [0.2, 0.25) is 5.89 Å². The van der Waals surface area contributed by atoms with E-state index in [1.807, 2.05) is 61.5 Å². The quantitative estimate of drug-likeness (QED) is 0.351. The molecular formula is C24H20BrN3O3S. The van der Waals surface area contributed by atoms with Gasteiger partial charge in [0, 0.05) is 16.6 Å². The summed E-state index contributed by atoms with van der Waals surface area (Å²) in [4.78, 5) is 17.2. The van der Waals surface area contributed by atoms with Gasteiger partial charge in [0.05, 0.1) is 12.7 Å². The van der Waals surface area contributed by atoms with E-state index in [0.717, 1.165) is 32.3 Å². The standard InChI is InChI=1S/C24H20BrN3O3S/c1-14-11-17(25)12-18(21(14)30-2)22(29)28-24(32)26-13-15-7-9-16(10-8-15)23-27-19-5-3-4-6-20(19)31-23/h3-12H,13H2,1-2H3,(H2,26,28,29,32). The Morgan fingerprint density at radius 2 is 1.91 bits per heavy atom. The number of carbonyl (C=O) groups is 1. The SMILES string of the molecule is COc1c(C)cc(Br)cc1C(=O)NC(=S)NCc1ccc(-c2nc3ccccc3o2)cc1. The summed E-state index contributed by atoms with van der Waals surface area (Å²) in [5.41, 5.74) is 4.73. The van der Waals surface area contributed by atoms with Gasteiger partial charge in [-0.25, -0.2) is 4.98 Å². The minimum Gasteiger partial charge on any atom is -0.496 e. The van der Waals surface area contributed by atoms with Crippen LogP contribution in [0, 0.1) is 6.92 Å². The van der Waals surface area contributed by atoms with Crippen LogP contribution in [0.5, 0.6) is 5.75 Å². The van der Waals surface area contributed by atoms with Gasteiger partial charge in [-0.15, -0.1) is 0 Å². The van der Waals surface area contributed by atoms with Crippen molar-refractivity contribution >= 4 is 50.3 Å². The van der Waals surface area contributed by atoms with Crippen LogP contribution in [-0.2, 0) is 6.54 Å². The number of halogens is 1. The number of rotatable bonds is 5. The summed E-state index contributed by atoms with van der Waals surface area (Å²) in [6, 6.07) is 19.1. The summed E-state index contributed by atoms with van der Waals surface area (Å²) in [6.07, 6.45) is 0. The van der Waals surface area contributed by atoms with E-state index < -0.39 is 0 Å². The third-order valence-electron chi connectivity index (χ3n) is 4.86. The Labute approximate surface area is 199 Å². The highest BCUT2D eigenvalue weighted by Crippen LogP contribution is 2.28. The third-order valence-corrected chi connectivity index (χ3v) is 5.57. The monoisotopic (exact) mass is 509 g/mol. The minimum atomic E-state index is -0.338. The van der Waals surface area contributed by atoms with Gasteiger partial charge in [-0.1, -0.05) is 40.2 Å². The predicted molar refractivity (Wildman–Crippen MR) is 132 cm³/mol. The number of aromatic nitrogens is 1. The first-order valence-corrected chi connectivity index (χ1v) is 11.0. The van der Waals surface area contributed by atoms with Gasteiger partial charge in [-0.2, -0.15) is 0 Å². The van der Waals surface area contributed by atoms with E-state index in [1.165, 1.54) is 7.11 Å². The van der Waals surface area contributed by atoms with Gasteiger partial charge in [0.15, 0.2) is 10.7 Å². The van der Waals surface area contributed by atoms with Crippen molar-refractivity contribution in [2.75, 3.05) is 7.11 Å². The summed E-state index contributed by atoms with van der Waals surface area (Å²) < 4.78 is 12.0. The van der Waals surface area contributed by atoms with Crippen LogP contribution in [0.15, 0.2) is 69.6 Å². The Morgan fingerprint density at radius 3 is 2.62 bits per heavy atom. The number of oxazole rings is 1. The lowest BCUT2D eigenvalue weighted by Crippen LogP contribution is -2.39. The molecule has 0 saturated heterocycles.